The average Bonchev–Trinajstić information content (AvgIpc) is 2.39. The molecule has 1 N–H and O–H groups in total. The third kappa shape index (κ3) is 3.27. The first-order valence-corrected chi connectivity index (χ1v) is 9.68. The van der Waals surface area contributed by atoms with E-state index in [0.717, 1.165) is 5.84 Å². The molecule has 4 heteroatoms. The Hall–Kier alpha value is -0.660. The van der Waals surface area contributed by atoms with E-state index < -0.39 is 6.19 Å². The summed E-state index contributed by atoms with van der Waals surface area (Å²) in [6.45, 7) is 8.98. The molecule has 106 valence electrons. The van der Waals surface area contributed by atoms with Crippen molar-refractivity contribution < 1.29 is 4.35 Å². The molecule has 1 aromatic rings. The van der Waals surface area contributed by atoms with Gasteiger partial charge in [-0.2, -0.15) is 0 Å². The number of nitrogens with zero attached hydrogens (tertiary/aromatic N) is 1. The summed E-state index contributed by atoms with van der Waals surface area (Å²) in [5, 5.41) is 3.34. The van der Waals surface area contributed by atoms with Crippen molar-refractivity contribution in [1.82, 2.24) is 5.32 Å². The summed E-state index contributed by atoms with van der Waals surface area (Å²) in [7, 11) is 4.11. The summed E-state index contributed by atoms with van der Waals surface area (Å²) in [6.07, 6.45) is -1.63. The molecule has 0 fully saturated rings. The number of benzene rings is 1. The molecule has 0 amide bonds. The van der Waals surface area contributed by atoms with Gasteiger partial charge in [0.2, 0.25) is 0 Å². The minimum atomic E-state index is -1.63. The van der Waals surface area contributed by atoms with E-state index in [2.05, 4.69) is 68.7 Å². The first-order valence-electron chi connectivity index (χ1n) is 6.79. The molecule has 0 heterocycles. The van der Waals surface area contributed by atoms with Gasteiger partial charge in [-0.05, 0) is 23.9 Å². The van der Waals surface area contributed by atoms with Gasteiger partial charge >= 0.3 is 0 Å². The van der Waals surface area contributed by atoms with E-state index in [1.165, 1.54) is 5.56 Å². The summed E-state index contributed by atoms with van der Waals surface area (Å²) in [5.41, 5.74) is 2.20. The molecule has 1 aromatic carbocycles. The molecule has 0 aromatic heterocycles. The third-order valence-corrected chi connectivity index (χ3v) is 10.9. The zero-order chi connectivity index (χ0) is 14.6. The average molecular weight is 297 g/mol. The van der Waals surface area contributed by atoms with Crippen molar-refractivity contribution >= 4 is 23.8 Å². The number of nitrogens with one attached hydrogen (secondary N) is 1. The van der Waals surface area contributed by atoms with E-state index in [1.54, 1.807) is 0 Å². The summed E-state index contributed by atoms with van der Waals surface area (Å²) >= 11 is 6.09. The van der Waals surface area contributed by atoms with Gasteiger partial charge in [0.1, 0.15) is 6.19 Å². The quantitative estimate of drug-likeness (QED) is 0.520. The number of hydrogen-bond donors (Lipinski definition) is 1. The van der Waals surface area contributed by atoms with Crippen molar-refractivity contribution in [1.29, 1.82) is 0 Å². The van der Waals surface area contributed by atoms with Crippen LogP contribution in [0.4, 0.5) is 0 Å². The van der Waals surface area contributed by atoms with Gasteiger partial charge in [-0.3, -0.25) is 5.32 Å². The van der Waals surface area contributed by atoms with Crippen LogP contribution in [0, 0.1) is 0 Å². The van der Waals surface area contributed by atoms with Crippen LogP contribution in [-0.2, 0) is 11.8 Å². The fourth-order valence-electron chi connectivity index (χ4n) is 2.53. The van der Waals surface area contributed by atoms with Crippen molar-refractivity contribution in [3.05, 3.63) is 35.9 Å². The molecule has 0 atom stereocenters. The number of rotatable bonds is 4. The summed E-state index contributed by atoms with van der Waals surface area (Å²) in [4.78, 5) is 0. The highest BCUT2D eigenvalue weighted by Gasteiger charge is 2.33. The van der Waals surface area contributed by atoms with E-state index in [-0.39, 0.29) is 0 Å². The highest BCUT2D eigenvalue weighted by molar-refractivity contribution is 8.12. The lowest BCUT2D eigenvalue weighted by Gasteiger charge is -2.30. The van der Waals surface area contributed by atoms with E-state index in [9.17, 15) is 0 Å². The molecule has 0 saturated heterocycles. The van der Waals surface area contributed by atoms with E-state index >= 15 is 0 Å². The molecule has 0 aliphatic rings. The Morgan fingerprint density at radius 2 is 1.58 bits per heavy atom. The lowest BCUT2D eigenvalue weighted by atomic mass is 10.2. The molecule has 0 aliphatic heterocycles. The summed E-state index contributed by atoms with van der Waals surface area (Å²) in [6, 6.07) is 10.4. The molecule has 0 unspecified atom stereocenters. The maximum absolute atomic E-state index is 6.09. The summed E-state index contributed by atoms with van der Waals surface area (Å²) in [5.74, 6) is 1.13. The highest BCUT2D eigenvalue weighted by Crippen LogP contribution is 2.55. The SMILES string of the molecule is CNC(c1ccccc1)=[N+](C)P(=S)(C(C)C)C(C)C. The molecule has 0 saturated carbocycles. The fourth-order valence-corrected chi connectivity index (χ4v) is 5.89. The van der Waals surface area contributed by atoms with Crippen molar-refractivity contribution in [2.75, 3.05) is 14.1 Å². The van der Waals surface area contributed by atoms with Crippen LogP contribution in [0.3, 0.4) is 0 Å². The standard InChI is InChI=1S/C15H25N2PS/c1-12(2)18(19,13(3)4)17(6)15(16-5)14-10-8-7-9-11-14/h7-13H,1-6H3/p+1. The van der Waals surface area contributed by atoms with Crippen LogP contribution >= 0.6 is 6.19 Å². The van der Waals surface area contributed by atoms with Crippen LogP contribution in [-0.4, -0.2) is 35.6 Å². The Morgan fingerprint density at radius 3 is 1.95 bits per heavy atom. The predicted octanol–water partition coefficient (Wildman–Crippen LogP) is 3.51. The second-order valence-electron chi connectivity index (χ2n) is 5.35. The largest absolute Gasteiger partial charge is 0.279 e. The summed E-state index contributed by atoms with van der Waals surface area (Å²) < 4.78 is 2.33. The van der Waals surface area contributed by atoms with Crippen LogP contribution in [0.1, 0.15) is 33.3 Å². The molecule has 0 bridgehead atoms. The number of hydrogen-bond acceptors (Lipinski definition) is 1. The normalized spacial score (nSPS) is 13.7. The Balaban J connectivity index is 3.44. The van der Waals surface area contributed by atoms with Gasteiger partial charge < -0.3 is 0 Å². The number of amidine groups is 1. The second-order valence-corrected chi connectivity index (χ2v) is 11.1. The van der Waals surface area contributed by atoms with Gasteiger partial charge in [-0.25, -0.2) is 4.35 Å². The Morgan fingerprint density at radius 1 is 1.11 bits per heavy atom. The molecule has 0 aliphatic carbocycles. The first kappa shape index (κ1) is 16.4. The minimum Gasteiger partial charge on any atom is -0.277 e. The maximum atomic E-state index is 6.09. The lowest BCUT2D eigenvalue weighted by molar-refractivity contribution is -0.330. The van der Waals surface area contributed by atoms with Crippen LogP contribution in [0.15, 0.2) is 30.3 Å². The topological polar surface area (TPSA) is 15.0 Å². The van der Waals surface area contributed by atoms with Gasteiger partial charge in [0.25, 0.3) is 5.84 Å². The van der Waals surface area contributed by atoms with Crippen LogP contribution in [0.5, 0.6) is 0 Å². The Bertz CT molecular complexity index is 480. The fraction of sp³-hybridized carbons (Fsp3) is 0.533. The smallest absolute Gasteiger partial charge is 0.277 e. The van der Waals surface area contributed by atoms with E-state index in [0.29, 0.717) is 11.3 Å². The maximum Gasteiger partial charge on any atom is 0.279 e. The zero-order valence-electron chi connectivity index (χ0n) is 12.8. The molecular formula is C15H26N2PS+. The Kier molecular flexibility index (Phi) is 5.76. The van der Waals surface area contributed by atoms with E-state index in [4.69, 9.17) is 11.8 Å². The van der Waals surface area contributed by atoms with Crippen LogP contribution in [0.25, 0.3) is 0 Å². The second kappa shape index (κ2) is 6.67. The first-order chi connectivity index (χ1) is 8.85. The van der Waals surface area contributed by atoms with Gasteiger partial charge in [0, 0.05) is 11.3 Å². The van der Waals surface area contributed by atoms with Crippen molar-refractivity contribution in [2.24, 2.45) is 0 Å². The zero-order valence-corrected chi connectivity index (χ0v) is 14.6. The minimum absolute atomic E-state index is 0.500. The molecule has 2 nitrogen and oxygen atoms in total. The lowest BCUT2D eigenvalue weighted by Crippen LogP contribution is -2.32. The van der Waals surface area contributed by atoms with Crippen molar-refractivity contribution in [3.63, 3.8) is 0 Å². The molecular weight excluding hydrogens is 271 g/mol. The van der Waals surface area contributed by atoms with Gasteiger partial charge in [-0.15, -0.1) is 0 Å². The van der Waals surface area contributed by atoms with Crippen LogP contribution in [0.2, 0.25) is 0 Å². The van der Waals surface area contributed by atoms with Crippen molar-refractivity contribution in [2.45, 2.75) is 39.0 Å². The third-order valence-electron chi connectivity index (χ3n) is 3.56. The highest BCUT2D eigenvalue weighted by atomic mass is 32.4. The molecule has 19 heavy (non-hydrogen) atoms. The monoisotopic (exact) mass is 297 g/mol. The van der Waals surface area contributed by atoms with Gasteiger partial charge in [0.15, 0.2) is 0 Å². The Labute approximate surface area is 123 Å². The van der Waals surface area contributed by atoms with Crippen molar-refractivity contribution in [3.8, 4) is 0 Å². The molecule has 0 radical (unpaired) electrons. The van der Waals surface area contributed by atoms with E-state index in [1.807, 2.05) is 13.1 Å². The predicted molar refractivity (Wildman–Crippen MR) is 90.4 cm³/mol. The molecule has 0 spiro atoms. The van der Waals surface area contributed by atoms with Gasteiger partial charge in [-0.1, -0.05) is 45.9 Å². The van der Waals surface area contributed by atoms with Crippen LogP contribution < -0.4 is 5.32 Å². The van der Waals surface area contributed by atoms with Gasteiger partial charge in [0.05, 0.1) is 19.7 Å². The molecule has 1 rings (SSSR count).